The number of aromatic nitrogens is 2. The molecule has 1 fully saturated rings. The summed E-state index contributed by atoms with van der Waals surface area (Å²) in [5.74, 6) is 2.05. The van der Waals surface area contributed by atoms with Crippen LogP contribution in [0.2, 0.25) is 0 Å². The Balaban J connectivity index is 1.82. The third-order valence-corrected chi connectivity index (χ3v) is 4.79. The molecule has 1 aliphatic rings. The molecule has 1 aliphatic carbocycles. The van der Waals surface area contributed by atoms with Crippen LogP contribution in [0.5, 0.6) is 0 Å². The Labute approximate surface area is 111 Å². The van der Waals surface area contributed by atoms with Crippen molar-refractivity contribution < 1.29 is 0 Å². The molecule has 1 aromatic carbocycles. The van der Waals surface area contributed by atoms with Gasteiger partial charge in [-0.05, 0) is 37.0 Å². The van der Waals surface area contributed by atoms with Crippen molar-refractivity contribution in [1.82, 2.24) is 9.97 Å². The lowest BCUT2D eigenvalue weighted by Gasteiger charge is -2.09. The first kappa shape index (κ1) is 11.8. The molecular formula is C14H17N3S. The third-order valence-electron chi connectivity index (χ3n) is 3.55. The van der Waals surface area contributed by atoms with E-state index in [4.69, 9.17) is 5.73 Å². The topological polar surface area (TPSA) is 51.8 Å². The molecular weight excluding hydrogens is 242 g/mol. The molecule has 1 saturated carbocycles. The number of nitrogen functional groups attached to an aromatic ring is 1. The molecule has 0 saturated heterocycles. The van der Waals surface area contributed by atoms with Crippen molar-refractivity contribution in [3.8, 4) is 0 Å². The molecule has 0 amide bonds. The van der Waals surface area contributed by atoms with E-state index in [1.165, 1.54) is 31.4 Å². The van der Waals surface area contributed by atoms with E-state index in [1.807, 2.05) is 30.0 Å². The lowest BCUT2D eigenvalue weighted by Crippen LogP contribution is -1.98. The Morgan fingerprint density at radius 3 is 2.89 bits per heavy atom. The largest absolute Gasteiger partial charge is 0.399 e. The molecule has 3 nitrogen and oxygen atoms in total. The zero-order chi connectivity index (χ0) is 12.4. The average Bonchev–Trinajstić information content (AvgIpc) is 2.89. The highest BCUT2D eigenvalue weighted by Gasteiger charge is 2.16. The van der Waals surface area contributed by atoms with Crippen LogP contribution in [0.15, 0.2) is 29.6 Å². The van der Waals surface area contributed by atoms with Crippen LogP contribution >= 0.6 is 11.8 Å². The summed E-state index contributed by atoms with van der Waals surface area (Å²) in [5.41, 5.74) is 7.48. The zero-order valence-electron chi connectivity index (χ0n) is 10.3. The molecule has 0 spiro atoms. The molecule has 0 atom stereocenters. The predicted octanol–water partition coefficient (Wildman–Crippen LogP) is 3.49. The predicted molar refractivity (Wildman–Crippen MR) is 76.6 cm³/mol. The highest BCUT2D eigenvalue weighted by Crippen LogP contribution is 2.32. The Bertz CT molecular complexity index is 550. The van der Waals surface area contributed by atoms with Crippen LogP contribution in [0.4, 0.5) is 5.69 Å². The molecule has 0 radical (unpaired) electrons. The summed E-state index contributed by atoms with van der Waals surface area (Å²) in [6.07, 6.45) is 7.18. The van der Waals surface area contributed by atoms with Gasteiger partial charge in [-0.1, -0.05) is 12.8 Å². The molecule has 0 bridgehead atoms. The van der Waals surface area contributed by atoms with Gasteiger partial charge in [-0.2, -0.15) is 0 Å². The fourth-order valence-corrected chi connectivity index (χ4v) is 3.71. The Morgan fingerprint density at radius 2 is 2.06 bits per heavy atom. The van der Waals surface area contributed by atoms with Crippen LogP contribution in [0, 0.1) is 5.92 Å². The number of nitrogens with zero attached hydrogens (tertiary/aromatic N) is 2. The van der Waals surface area contributed by atoms with Gasteiger partial charge in [0.1, 0.15) is 11.4 Å². The van der Waals surface area contributed by atoms with Crippen molar-refractivity contribution in [2.45, 2.75) is 30.7 Å². The Hall–Kier alpha value is -1.29. The monoisotopic (exact) mass is 259 g/mol. The van der Waals surface area contributed by atoms with Crippen LogP contribution in [0.1, 0.15) is 25.7 Å². The molecule has 94 valence electrons. The number of hydrogen-bond donors (Lipinski definition) is 1. The quantitative estimate of drug-likeness (QED) is 0.521. The van der Waals surface area contributed by atoms with Gasteiger partial charge < -0.3 is 5.73 Å². The van der Waals surface area contributed by atoms with E-state index in [9.17, 15) is 0 Å². The number of thioether (sulfide) groups is 1. The second kappa shape index (κ2) is 5.14. The number of rotatable bonds is 3. The number of benzene rings is 1. The highest BCUT2D eigenvalue weighted by molar-refractivity contribution is 7.99. The van der Waals surface area contributed by atoms with Gasteiger partial charge in [-0.3, -0.25) is 0 Å². The summed E-state index contributed by atoms with van der Waals surface area (Å²) in [4.78, 5) is 8.69. The minimum absolute atomic E-state index is 0.757. The minimum atomic E-state index is 0.757. The van der Waals surface area contributed by atoms with Crippen LogP contribution in [0.3, 0.4) is 0 Å². The zero-order valence-corrected chi connectivity index (χ0v) is 11.1. The maximum atomic E-state index is 5.78. The van der Waals surface area contributed by atoms with Crippen molar-refractivity contribution in [3.05, 3.63) is 24.5 Å². The van der Waals surface area contributed by atoms with Gasteiger partial charge in [0, 0.05) is 16.8 Å². The van der Waals surface area contributed by atoms with Gasteiger partial charge in [-0.15, -0.1) is 11.8 Å². The van der Waals surface area contributed by atoms with Crippen molar-refractivity contribution >= 4 is 28.4 Å². The molecule has 1 aromatic heterocycles. The van der Waals surface area contributed by atoms with Crippen LogP contribution in [-0.4, -0.2) is 15.7 Å². The van der Waals surface area contributed by atoms with Crippen molar-refractivity contribution in [1.29, 1.82) is 0 Å². The van der Waals surface area contributed by atoms with Gasteiger partial charge in [-0.25, -0.2) is 9.97 Å². The normalized spacial score (nSPS) is 16.4. The molecule has 0 unspecified atom stereocenters. The van der Waals surface area contributed by atoms with Crippen LogP contribution in [0.25, 0.3) is 10.9 Å². The fourth-order valence-electron chi connectivity index (χ4n) is 2.54. The highest BCUT2D eigenvalue weighted by atomic mass is 32.2. The van der Waals surface area contributed by atoms with E-state index < -0.39 is 0 Å². The summed E-state index contributed by atoms with van der Waals surface area (Å²) in [7, 11) is 0. The van der Waals surface area contributed by atoms with Crippen molar-refractivity contribution in [2.24, 2.45) is 5.92 Å². The maximum absolute atomic E-state index is 5.78. The van der Waals surface area contributed by atoms with Gasteiger partial charge >= 0.3 is 0 Å². The van der Waals surface area contributed by atoms with Crippen LogP contribution in [-0.2, 0) is 0 Å². The number of hydrogen-bond acceptors (Lipinski definition) is 4. The van der Waals surface area contributed by atoms with Gasteiger partial charge in [0.05, 0.1) is 5.52 Å². The molecule has 3 rings (SSSR count). The molecule has 2 N–H and O–H groups in total. The van der Waals surface area contributed by atoms with Crippen LogP contribution < -0.4 is 5.73 Å². The standard InChI is InChI=1S/C14H17N3S/c15-11-5-6-12-13(7-11)16-9-17-14(12)18-8-10-3-1-2-4-10/h5-7,9-10H,1-4,8,15H2. The van der Waals surface area contributed by atoms with Gasteiger partial charge in [0.15, 0.2) is 0 Å². The minimum Gasteiger partial charge on any atom is -0.399 e. The molecule has 0 aliphatic heterocycles. The molecule has 4 heteroatoms. The van der Waals surface area contributed by atoms with E-state index in [2.05, 4.69) is 9.97 Å². The van der Waals surface area contributed by atoms with Gasteiger partial charge in [0.2, 0.25) is 0 Å². The first-order valence-corrected chi connectivity index (χ1v) is 7.44. The van der Waals surface area contributed by atoms with E-state index >= 15 is 0 Å². The van der Waals surface area contributed by atoms with E-state index in [-0.39, 0.29) is 0 Å². The Kier molecular flexibility index (Phi) is 3.37. The first-order chi connectivity index (χ1) is 8.83. The summed E-state index contributed by atoms with van der Waals surface area (Å²) in [6.45, 7) is 0. The smallest absolute Gasteiger partial charge is 0.117 e. The van der Waals surface area contributed by atoms with E-state index in [1.54, 1.807) is 6.33 Å². The summed E-state index contributed by atoms with van der Waals surface area (Å²) in [6, 6.07) is 5.86. The lowest BCUT2D eigenvalue weighted by atomic mass is 10.1. The Morgan fingerprint density at radius 1 is 1.22 bits per heavy atom. The lowest BCUT2D eigenvalue weighted by molar-refractivity contribution is 0.623. The summed E-state index contributed by atoms with van der Waals surface area (Å²) < 4.78 is 0. The second-order valence-corrected chi connectivity index (χ2v) is 5.93. The number of fused-ring (bicyclic) bond motifs is 1. The van der Waals surface area contributed by atoms with Crippen molar-refractivity contribution in [3.63, 3.8) is 0 Å². The average molecular weight is 259 g/mol. The van der Waals surface area contributed by atoms with E-state index in [0.29, 0.717) is 0 Å². The van der Waals surface area contributed by atoms with Gasteiger partial charge in [0.25, 0.3) is 0 Å². The summed E-state index contributed by atoms with van der Waals surface area (Å²) >= 11 is 1.86. The van der Waals surface area contributed by atoms with E-state index in [0.717, 1.165) is 27.5 Å². The fraction of sp³-hybridized carbons (Fsp3) is 0.429. The third kappa shape index (κ3) is 2.43. The molecule has 2 aromatic rings. The van der Waals surface area contributed by atoms with Crippen molar-refractivity contribution in [2.75, 3.05) is 11.5 Å². The first-order valence-electron chi connectivity index (χ1n) is 6.46. The SMILES string of the molecule is Nc1ccc2c(SCC3CCCC3)ncnc2c1. The summed E-state index contributed by atoms with van der Waals surface area (Å²) in [5, 5.41) is 2.21. The molecule has 1 heterocycles. The number of nitrogens with two attached hydrogens (primary N) is 1. The second-order valence-electron chi connectivity index (χ2n) is 4.92. The molecule has 18 heavy (non-hydrogen) atoms. The number of anilines is 1. The maximum Gasteiger partial charge on any atom is 0.117 e.